The van der Waals surface area contributed by atoms with Gasteiger partial charge in [0.15, 0.2) is 5.75 Å². The van der Waals surface area contributed by atoms with Gasteiger partial charge in [-0.2, -0.15) is 0 Å². The fourth-order valence-corrected chi connectivity index (χ4v) is 5.55. The van der Waals surface area contributed by atoms with E-state index in [0.29, 0.717) is 13.1 Å². The Morgan fingerprint density at radius 1 is 1.14 bits per heavy atom. The quantitative estimate of drug-likeness (QED) is 0.548. The molecule has 2 N–H and O–H groups in total. The molecule has 0 aromatic heterocycles. The molecule has 1 aliphatic carbocycles. The minimum Gasteiger partial charge on any atom is -0.486 e. The Bertz CT molecular complexity index is 1140. The van der Waals surface area contributed by atoms with Gasteiger partial charge in [-0.3, -0.25) is 9.52 Å². The zero-order valence-electron chi connectivity index (χ0n) is 20.6. The van der Waals surface area contributed by atoms with Crippen LogP contribution >= 0.6 is 0 Å². The van der Waals surface area contributed by atoms with Crippen molar-refractivity contribution in [3.63, 3.8) is 0 Å². The number of anilines is 1. The van der Waals surface area contributed by atoms with Gasteiger partial charge in [0, 0.05) is 25.6 Å². The van der Waals surface area contributed by atoms with Crippen LogP contribution in [0.5, 0.6) is 5.75 Å². The van der Waals surface area contributed by atoms with Crippen LogP contribution in [0.2, 0.25) is 0 Å². The van der Waals surface area contributed by atoms with E-state index in [1.54, 1.807) is 41.3 Å². The fraction of sp³-hybridized carbons (Fsp3) is 0.500. The first kappa shape index (κ1) is 25.5. The third-order valence-corrected chi connectivity index (χ3v) is 8.13. The van der Waals surface area contributed by atoms with Gasteiger partial charge in [-0.1, -0.05) is 31.2 Å². The Hall–Kier alpha value is -2.62. The van der Waals surface area contributed by atoms with Crippen LogP contribution in [-0.2, 0) is 10.0 Å². The summed E-state index contributed by atoms with van der Waals surface area (Å²) in [6.07, 6.45) is 2.22. The normalized spacial score (nSPS) is 21.6. The van der Waals surface area contributed by atoms with Crippen LogP contribution in [0.3, 0.4) is 0 Å². The summed E-state index contributed by atoms with van der Waals surface area (Å²) in [5, 5.41) is 9.83. The number of carbonyl (C=O) groups excluding carboxylic acids is 1. The van der Waals surface area contributed by atoms with Crippen molar-refractivity contribution in [2.45, 2.75) is 43.7 Å². The van der Waals surface area contributed by atoms with Crippen LogP contribution in [0.1, 0.15) is 37.0 Å². The number of nitrogens with zero attached hydrogens (tertiary/aromatic N) is 2. The molecule has 2 aromatic rings. The van der Waals surface area contributed by atoms with E-state index in [1.165, 1.54) is 25.0 Å². The number of hydrogen-bond acceptors (Lipinski definition) is 6. The molecule has 4 rings (SSSR count). The first-order valence-electron chi connectivity index (χ1n) is 12.2. The fourth-order valence-electron chi connectivity index (χ4n) is 4.47. The number of amides is 1. The standard InChI is InChI=1S/C26H35N3O5S/c1-18-14-29(19(2)17-30)26(31)22-10-7-11-23(27-35(32,33)21-8-5-4-6-9-21)25(22)34-24(18)16-28(3)15-20-12-13-20/h4-11,18-20,24,27,30H,12-17H2,1-3H3/t18-,19-,24-/m0/s1. The molecule has 1 saturated carbocycles. The lowest BCUT2D eigenvalue weighted by atomic mass is 9.99. The number of nitrogens with one attached hydrogen (secondary N) is 1. The summed E-state index contributed by atoms with van der Waals surface area (Å²) in [5.41, 5.74) is 0.501. The van der Waals surface area contributed by atoms with E-state index < -0.39 is 10.0 Å². The minimum atomic E-state index is -3.89. The predicted molar refractivity (Wildman–Crippen MR) is 135 cm³/mol. The second-order valence-electron chi connectivity index (χ2n) is 9.89. The van der Waals surface area contributed by atoms with Crippen molar-refractivity contribution in [2.24, 2.45) is 11.8 Å². The average Bonchev–Trinajstić information content (AvgIpc) is 3.65. The molecule has 3 atom stereocenters. The van der Waals surface area contributed by atoms with Crippen LogP contribution in [0, 0.1) is 11.8 Å². The maximum absolute atomic E-state index is 13.6. The van der Waals surface area contributed by atoms with Crippen molar-refractivity contribution in [3.05, 3.63) is 54.1 Å². The summed E-state index contributed by atoms with van der Waals surface area (Å²) in [5.74, 6) is 0.612. The predicted octanol–water partition coefficient (Wildman–Crippen LogP) is 3.05. The molecule has 0 saturated heterocycles. The highest BCUT2D eigenvalue weighted by molar-refractivity contribution is 7.92. The molecule has 0 bridgehead atoms. The third-order valence-electron chi connectivity index (χ3n) is 6.75. The Morgan fingerprint density at radius 3 is 2.51 bits per heavy atom. The number of likely N-dealkylation sites (N-methyl/N-ethyl adjacent to an activating group) is 1. The largest absolute Gasteiger partial charge is 0.486 e. The number of aliphatic hydroxyl groups excluding tert-OH is 1. The highest BCUT2D eigenvalue weighted by Crippen LogP contribution is 2.36. The average molecular weight is 502 g/mol. The Kier molecular flexibility index (Phi) is 7.68. The summed E-state index contributed by atoms with van der Waals surface area (Å²) in [4.78, 5) is 17.6. The molecule has 35 heavy (non-hydrogen) atoms. The smallest absolute Gasteiger partial charge is 0.262 e. The molecule has 1 aliphatic heterocycles. The van der Waals surface area contributed by atoms with Crippen LogP contribution in [0.15, 0.2) is 53.4 Å². The van der Waals surface area contributed by atoms with E-state index in [9.17, 15) is 18.3 Å². The van der Waals surface area contributed by atoms with Gasteiger partial charge in [-0.15, -0.1) is 0 Å². The lowest BCUT2D eigenvalue weighted by Gasteiger charge is -2.38. The van der Waals surface area contributed by atoms with Gasteiger partial charge in [0.25, 0.3) is 15.9 Å². The lowest BCUT2D eigenvalue weighted by molar-refractivity contribution is 0.0346. The van der Waals surface area contributed by atoms with Gasteiger partial charge in [-0.05, 0) is 57.0 Å². The number of carbonyl (C=O) groups is 1. The number of aliphatic hydroxyl groups is 1. The molecule has 2 aliphatic rings. The lowest BCUT2D eigenvalue weighted by Crippen LogP contribution is -2.50. The highest BCUT2D eigenvalue weighted by atomic mass is 32.2. The van der Waals surface area contributed by atoms with Crippen molar-refractivity contribution >= 4 is 21.6 Å². The number of rotatable bonds is 9. The molecule has 0 spiro atoms. The van der Waals surface area contributed by atoms with Crippen LogP contribution in [0.25, 0.3) is 0 Å². The van der Waals surface area contributed by atoms with Crippen molar-refractivity contribution in [2.75, 3.05) is 38.0 Å². The van der Waals surface area contributed by atoms with E-state index >= 15 is 0 Å². The molecule has 1 heterocycles. The van der Waals surface area contributed by atoms with Crippen molar-refractivity contribution in [1.82, 2.24) is 9.80 Å². The summed E-state index contributed by atoms with van der Waals surface area (Å²) < 4.78 is 35.3. The summed E-state index contributed by atoms with van der Waals surface area (Å²) in [6, 6.07) is 12.6. The number of ether oxygens (including phenoxy) is 1. The topological polar surface area (TPSA) is 99.2 Å². The molecule has 1 amide bonds. The van der Waals surface area contributed by atoms with Gasteiger partial charge in [0.1, 0.15) is 6.10 Å². The molecule has 8 nitrogen and oxygen atoms in total. The van der Waals surface area contributed by atoms with Crippen LogP contribution in [-0.4, -0.2) is 74.7 Å². The van der Waals surface area contributed by atoms with Gasteiger partial charge in [0.05, 0.1) is 28.8 Å². The first-order valence-corrected chi connectivity index (χ1v) is 13.7. The molecule has 0 radical (unpaired) electrons. The van der Waals surface area contributed by atoms with Gasteiger partial charge < -0.3 is 19.6 Å². The van der Waals surface area contributed by atoms with Crippen LogP contribution < -0.4 is 9.46 Å². The minimum absolute atomic E-state index is 0.0402. The SMILES string of the molecule is C[C@H]1CN([C@@H](C)CO)C(=O)c2cccc(NS(=O)(=O)c3ccccc3)c2O[C@H]1CN(C)CC1CC1. The van der Waals surface area contributed by atoms with E-state index in [1.807, 2.05) is 13.8 Å². The summed E-state index contributed by atoms with van der Waals surface area (Å²) >= 11 is 0. The number of para-hydroxylation sites is 1. The highest BCUT2D eigenvalue weighted by Gasteiger charge is 2.35. The Balaban J connectivity index is 1.72. The molecule has 9 heteroatoms. The van der Waals surface area contributed by atoms with Gasteiger partial charge in [-0.25, -0.2) is 8.42 Å². The summed E-state index contributed by atoms with van der Waals surface area (Å²) in [7, 11) is -1.82. The molecular weight excluding hydrogens is 466 g/mol. The van der Waals surface area contributed by atoms with Crippen LogP contribution in [0.4, 0.5) is 5.69 Å². The van der Waals surface area contributed by atoms with E-state index in [0.717, 1.165) is 12.5 Å². The maximum atomic E-state index is 13.6. The molecule has 190 valence electrons. The maximum Gasteiger partial charge on any atom is 0.262 e. The molecule has 1 fully saturated rings. The molecular formula is C26H35N3O5S. The zero-order valence-corrected chi connectivity index (χ0v) is 21.4. The molecule has 2 aromatic carbocycles. The van der Waals surface area contributed by atoms with Crippen molar-refractivity contribution in [1.29, 1.82) is 0 Å². The van der Waals surface area contributed by atoms with E-state index in [4.69, 9.17) is 4.74 Å². The first-order chi connectivity index (χ1) is 16.7. The Morgan fingerprint density at radius 2 is 1.86 bits per heavy atom. The second kappa shape index (κ2) is 10.6. The third kappa shape index (κ3) is 5.97. The van der Waals surface area contributed by atoms with E-state index in [2.05, 4.69) is 16.7 Å². The van der Waals surface area contributed by atoms with Crippen molar-refractivity contribution in [3.8, 4) is 5.75 Å². The number of sulfonamides is 1. The Labute approximate surface area is 207 Å². The van der Waals surface area contributed by atoms with Gasteiger partial charge in [0.2, 0.25) is 0 Å². The number of hydrogen-bond donors (Lipinski definition) is 2. The van der Waals surface area contributed by atoms with Gasteiger partial charge >= 0.3 is 0 Å². The summed E-state index contributed by atoms with van der Waals surface area (Å²) in [6.45, 7) is 5.73. The van der Waals surface area contributed by atoms with E-state index in [-0.39, 0.29) is 52.5 Å². The number of benzene rings is 2. The number of fused-ring (bicyclic) bond motifs is 1. The zero-order chi connectivity index (χ0) is 25.2. The second-order valence-corrected chi connectivity index (χ2v) is 11.6. The molecule has 0 unspecified atom stereocenters. The van der Waals surface area contributed by atoms with Crippen molar-refractivity contribution < 1.29 is 23.1 Å². The monoisotopic (exact) mass is 501 g/mol.